The Morgan fingerprint density at radius 1 is 1.14 bits per heavy atom. The van der Waals surface area contributed by atoms with Gasteiger partial charge in [0.25, 0.3) is 0 Å². The van der Waals surface area contributed by atoms with Crippen LogP contribution in [0.4, 0.5) is 10.1 Å². The predicted molar refractivity (Wildman–Crippen MR) is 111 cm³/mol. The summed E-state index contributed by atoms with van der Waals surface area (Å²) in [4.78, 5) is 26.9. The van der Waals surface area contributed by atoms with E-state index in [2.05, 4.69) is 16.2 Å². The number of carbonyl (C=O) groups excluding carboxylic acids is 2. The Morgan fingerprint density at radius 3 is 2.68 bits per heavy atom. The number of fused-ring (bicyclic) bond motifs is 1. The zero-order chi connectivity index (χ0) is 19.9. The third-order valence-electron chi connectivity index (χ3n) is 4.05. The normalized spacial score (nSPS) is 12.9. The van der Waals surface area contributed by atoms with Crippen molar-refractivity contribution in [1.82, 2.24) is 16.2 Å². The molecule has 0 bridgehead atoms. The molecule has 1 aliphatic heterocycles. The molecule has 0 spiro atoms. The van der Waals surface area contributed by atoms with E-state index in [0.717, 1.165) is 16.1 Å². The number of halogens is 1. The van der Waals surface area contributed by atoms with Crippen molar-refractivity contribution < 1.29 is 14.0 Å². The third kappa shape index (κ3) is 5.43. The number of rotatable bonds is 5. The van der Waals surface area contributed by atoms with E-state index in [1.165, 1.54) is 23.9 Å². The van der Waals surface area contributed by atoms with Gasteiger partial charge in [0.05, 0.1) is 11.4 Å². The van der Waals surface area contributed by atoms with Crippen LogP contribution < -0.4 is 21.1 Å². The Balaban J connectivity index is 1.41. The van der Waals surface area contributed by atoms with E-state index in [-0.39, 0.29) is 29.2 Å². The topological polar surface area (TPSA) is 73.5 Å². The van der Waals surface area contributed by atoms with Gasteiger partial charge in [-0.05, 0) is 42.0 Å². The minimum absolute atomic E-state index is 0.0130. The minimum Gasteiger partial charge on any atom is -0.357 e. The molecular weight excluding hydrogens is 399 g/mol. The van der Waals surface area contributed by atoms with E-state index in [0.29, 0.717) is 18.8 Å². The van der Waals surface area contributed by atoms with E-state index in [1.54, 1.807) is 17.0 Å². The Bertz CT molecular complexity index is 876. The van der Waals surface area contributed by atoms with Gasteiger partial charge in [-0.1, -0.05) is 24.3 Å². The summed E-state index contributed by atoms with van der Waals surface area (Å²) in [5.41, 5.74) is 6.82. The summed E-state index contributed by atoms with van der Waals surface area (Å²) in [5, 5.41) is 3.16. The average Bonchev–Trinajstić information content (AvgIpc) is 2.71. The van der Waals surface area contributed by atoms with Gasteiger partial charge in [-0.25, -0.2) is 4.39 Å². The second-order valence-electron chi connectivity index (χ2n) is 6.03. The summed E-state index contributed by atoms with van der Waals surface area (Å²) in [6, 6.07) is 13.7. The SMILES string of the molecule is O=C(CCN1C(=O)CSc2ccccc21)NNC(=S)NCc1ccc(F)cc1. The molecule has 1 heterocycles. The molecule has 3 N–H and O–H groups in total. The minimum atomic E-state index is -0.301. The molecule has 0 radical (unpaired) electrons. The van der Waals surface area contributed by atoms with Crippen molar-refractivity contribution in [3.05, 3.63) is 59.9 Å². The number of nitrogens with one attached hydrogen (secondary N) is 3. The first-order valence-corrected chi connectivity index (χ1v) is 10.0. The van der Waals surface area contributed by atoms with Gasteiger partial charge in [-0.3, -0.25) is 20.4 Å². The second-order valence-corrected chi connectivity index (χ2v) is 7.46. The maximum absolute atomic E-state index is 12.9. The molecule has 9 heteroatoms. The molecule has 0 fully saturated rings. The molecule has 0 aliphatic carbocycles. The first-order chi connectivity index (χ1) is 13.5. The highest BCUT2D eigenvalue weighted by molar-refractivity contribution is 8.00. The standard InChI is InChI=1S/C19H19FN4O2S2/c20-14-7-5-13(6-8-14)11-21-19(27)23-22-17(25)9-10-24-15-3-1-2-4-16(15)28-12-18(24)26/h1-8H,9-12H2,(H,22,25)(H2,21,23,27). The van der Waals surface area contributed by atoms with Crippen LogP contribution in [0.1, 0.15) is 12.0 Å². The van der Waals surface area contributed by atoms with Crippen molar-refractivity contribution in [2.45, 2.75) is 17.9 Å². The lowest BCUT2D eigenvalue weighted by atomic mass is 10.2. The number of thiocarbonyl (C=S) groups is 1. The zero-order valence-electron chi connectivity index (χ0n) is 14.9. The van der Waals surface area contributed by atoms with Crippen LogP contribution in [0.25, 0.3) is 0 Å². The van der Waals surface area contributed by atoms with Gasteiger partial charge in [0.2, 0.25) is 11.8 Å². The summed E-state index contributed by atoms with van der Waals surface area (Å²) in [6.07, 6.45) is 0.137. The molecule has 6 nitrogen and oxygen atoms in total. The van der Waals surface area contributed by atoms with Gasteiger partial charge in [-0.2, -0.15) is 0 Å². The molecule has 146 valence electrons. The van der Waals surface area contributed by atoms with Crippen molar-refractivity contribution in [2.75, 3.05) is 17.2 Å². The van der Waals surface area contributed by atoms with Crippen LogP contribution in [0.5, 0.6) is 0 Å². The summed E-state index contributed by atoms with van der Waals surface area (Å²) >= 11 is 6.60. The summed E-state index contributed by atoms with van der Waals surface area (Å²) < 4.78 is 12.9. The number of benzene rings is 2. The molecule has 0 atom stereocenters. The highest BCUT2D eigenvalue weighted by atomic mass is 32.2. The largest absolute Gasteiger partial charge is 0.357 e. The lowest BCUT2D eigenvalue weighted by Gasteiger charge is -2.28. The fourth-order valence-corrected chi connectivity index (χ4v) is 3.69. The average molecular weight is 419 g/mol. The third-order valence-corrected chi connectivity index (χ3v) is 5.35. The van der Waals surface area contributed by atoms with Crippen molar-refractivity contribution in [3.8, 4) is 0 Å². The number of amides is 2. The first-order valence-electron chi connectivity index (χ1n) is 8.62. The molecule has 3 rings (SSSR count). The van der Waals surface area contributed by atoms with E-state index in [9.17, 15) is 14.0 Å². The smallest absolute Gasteiger partial charge is 0.240 e. The molecule has 0 saturated heterocycles. The van der Waals surface area contributed by atoms with Gasteiger partial charge in [0.1, 0.15) is 5.82 Å². The molecule has 0 unspecified atom stereocenters. The van der Waals surface area contributed by atoms with E-state index >= 15 is 0 Å². The molecule has 28 heavy (non-hydrogen) atoms. The Hall–Kier alpha value is -2.65. The van der Waals surface area contributed by atoms with Crippen molar-refractivity contribution >= 4 is 46.6 Å². The van der Waals surface area contributed by atoms with E-state index in [1.807, 2.05) is 24.3 Å². The number of para-hydroxylation sites is 1. The highest BCUT2D eigenvalue weighted by Crippen LogP contribution is 2.34. The van der Waals surface area contributed by atoms with Gasteiger partial charge in [0.15, 0.2) is 5.11 Å². The summed E-state index contributed by atoms with van der Waals surface area (Å²) in [7, 11) is 0. The monoisotopic (exact) mass is 418 g/mol. The van der Waals surface area contributed by atoms with Gasteiger partial charge >= 0.3 is 0 Å². The van der Waals surface area contributed by atoms with Gasteiger partial charge in [0, 0.05) is 24.4 Å². The number of thioether (sulfide) groups is 1. The fourth-order valence-electron chi connectivity index (χ4n) is 2.63. The van der Waals surface area contributed by atoms with Crippen LogP contribution in [0.15, 0.2) is 53.4 Å². The van der Waals surface area contributed by atoms with Crippen molar-refractivity contribution in [1.29, 1.82) is 0 Å². The number of hydrogen-bond donors (Lipinski definition) is 3. The lowest BCUT2D eigenvalue weighted by molar-refractivity contribution is -0.121. The maximum Gasteiger partial charge on any atom is 0.240 e. The molecule has 0 aromatic heterocycles. The van der Waals surface area contributed by atoms with Crippen LogP contribution in [-0.4, -0.2) is 29.2 Å². The van der Waals surface area contributed by atoms with E-state index < -0.39 is 0 Å². The summed E-state index contributed by atoms with van der Waals surface area (Å²) in [6.45, 7) is 0.693. The fraction of sp³-hybridized carbons (Fsp3) is 0.211. The van der Waals surface area contributed by atoms with Crippen LogP contribution >= 0.6 is 24.0 Å². The number of hydrazine groups is 1. The zero-order valence-corrected chi connectivity index (χ0v) is 16.5. The van der Waals surface area contributed by atoms with Crippen molar-refractivity contribution in [2.24, 2.45) is 0 Å². The quantitative estimate of drug-likeness (QED) is 0.511. The van der Waals surface area contributed by atoms with Crippen LogP contribution in [0.3, 0.4) is 0 Å². The highest BCUT2D eigenvalue weighted by Gasteiger charge is 2.24. The Kier molecular flexibility index (Phi) is 6.83. The Labute approximate surface area is 171 Å². The molecule has 1 aliphatic rings. The maximum atomic E-state index is 12.9. The molecule has 0 saturated carbocycles. The van der Waals surface area contributed by atoms with E-state index in [4.69, 9.17) is 12.2 Å². The molecule has 2 aromatic carbocycles. The molecular formula is C19H19FN4O2S2. The molecule has 2 aromatic rings. The van der Waals surface area contributed by atoms with Crippen LogP contribution in [-0.2, 0) is 16.1 Å². The first kappa shape index (κ1) is 20.1. The van der Waals surface area contributed by atoms with Gasteiger partial charge in [-0.15, -0.1) is 11.8 Å². The number of nitrogens with zero attached hydrogens (tertiary/aromatic N) is 1. The van der Waals surface area contributed by atoms with Crippen LogP contribution in [0.2, 0.25) is 0 Å². The number of hydrogen-bond acceptors (Lipinski definition) is 4. The lowest BCUT2D eigenvalue weighted by Crippen LogP contribution is -2.47. The van der Waals surface area contributed by atoms with Crippen LogP contribution in [0, 0.1) is 5.82 Å². The molecule has 2 amide bonds. The number of anilines is 1. The summed E-state index contributed by atoms with van der Waals surface area (Å²) in [5.74, 6) is -0.227. The predicted octanol–water partition coefficient (Wildman–Crippen LogP) is 2.35. The van der Waals surface area contributed by atoms with Gasteiger partial charge < -0.3 is 10.2 Å². The Morgan fingerprint density at radius 2 is 1.89 bits per heavy atom. The number of carbonyl (C=O) groups is 2. The van der Waals surface area contributed by atoms with Crippen molar-refractivity contribution in [3.63, 3.8) is 0 Å². The second kappa shape index (κ2) is 9.52.